The Morgan fingerprint density at radius 2 is 2.47 bits per heavy atom. The third-order valence-electron chi connectivity index (χ3n) is 2.96. The molecule has 1 atom stereocenters. The van der Waals surface area contributed by atoms with Crippen molar-refractivity contribution in [1.29, 1.82) is 0 Å². The minimum absolute atomic E-state index is 0.0211. The van der Waals surface area contributed by atoms with Crippen LogP contribution in [0.5, 0.6) is 0 Å². The molecule has 1 aliphatic heterocycles. The fourth-order valence-electron chi connectivity index (χ4n) is 1.93. The highest BCUT2D eigenvalue weighted by atomic mass is 16.5. The van der Waals surface area contributed by atoms with Crippen LogP contribution >= 0.6 is 0 Å². The van der Waals surface area contributed by atoms with Crippen LogP contribution in [0.3, 0.4) is 0 Å². The van der Waals surface area contributed by atoms with E-state index in [0.29, 0.717) is 11.8 Å². The molecule has 0 aromatic carbocycles. The average Bonchev–Trinajstić information content (AvgIpc) is 2.87. The Bertz CT molecular complexity index is 404. The van der Waals surface area contributed by atoms with Gasteiger partial charge in [0.25, 0.3) is 0 Å². The van der Waals surface area contributed by atoms with Gasteiger partial charge in [0.1, 0.15) is 5.69 Å². The van der Waals surface area contributed by atoms with E-state index in [1.54, 1.807) is 19.4 Å². The van der Waals surface area contributed by atoms with E-state index in [2.05, 4.69) is 15.0 Å². The molecule has 1 saturated heterocycles. The fraction of sp³-hybridized carbons (Fsp3) is 0.455. The number of ether oxygens (including phenoxy) is 1. The first kappa shape index (κ1) is 11.7. The number of hydrogen-bond donors (Lipinski definition) is 2. The minimum atomic E-state index is 0.0211. The van der Waals surface area contributed by atoms with Gasteiger partial charge >= 0.3 is 0 Å². The van der Waals surface area contributed by atoms with Crippen LogP contribution < -0.4 is 10.6 Å². The van der Waals surface area contributed by atoms with Crippen LogP contribution in [0.1, 0.15) is 12.1 Å². The van der Waals surface area contributed by atoms with Crippen molar-refractivity contribution >= 4 is 11.5 Å². The Hall–Kier alpha value is -1.82. The van der Waals surface area contributed by atoms with E-state index in [0.717, 1.165) is 25.2 Å². The van der Waals surface area contributed by atoms with Crippen LogP contribution in [0.2, 0.25) is 0 Å². The molecule has 0 aliphatic carbocycles. The highest BCUT2D eigenvalue weighted by Crippen LogP contribution is 2.20. The van der Waals surface area contributed by atoms with Crippen LogP contribution in [0.15, 0.2) is 23.5 Å². The minimum Gasteiger partial charge on any atom is -0.409 e. The first-order valence-corrected chi connectivity index (χ1v) is 5.46. The van der Waals surface area contributed by atoms with Crippen LogP contribution in [0, 0.1) is 0 Å². The summed E-state index contributed by atoms with van der Waals surface area (Å²) in [7, 11) is 1.73. The van der Waals surface area contributed by atoms with Gasteiger partial charge in [-0.1, -0.05) is 5.16 Å². The van der Waals surface area contributed by atoms with Gasteiger partial charge < -0.3 is 20.6 Å². The van der Waals surface area contributed by atoms with E-state index in [-0.39, 0.29) is 5.84 Å². The predicted molar refractivity (Wildman–Crippen MR) is 64.4 cm³/mol. The van der Waals surface area contributed by atoms with Gasteiger partial charge in [0.2, 0.25) is 0 Å². The van der Waals surface area contributed by atoms with Gasteiger partial charge in [-0.3, -0.25) is 4.98 Å². The zero-order valence-electron chi connectivity index (χ0n) is 9.71. The molecule has 1 aliphatic rings. The summed E-state index contributed by atoms with van der Waals surface area (Å²) in [5.41, 5.74) is 6.94. The lowest BCUT2D eigenvalue weighted by molar-refractivity contribution is 0.121. The van der Waals surface area contributed by atoms with Gasteiger partial charge in [-0.15, -0.1) is 0 Å². The molecule has 2 rings (SSSR count). The number of aromatic nitrogens is 1. The highest BCUT2D eigenvalue weighted by molar-refractivity contribution is 5.95. The quantitative estimate of drug-likeness (QED) is 0.343. The van der Waals surface area contributed by atoms with E-state index < -0.39 is 0 Å². The molecule has 0 spiro atoms. The van der Waals surface area contributed by atoms with Crippen molar-refractivity contribution in [2.24, 2.45) is 10.9 Å². The molecule has 0 bridgehead atoms. The molecule has 1 fully saturated rings. The van der Waals surface area contributed by atoms with Crippen molar-refractivity contribution in [3.63, 3.8) is 0 Å². The summed E-state index contributed by atoms with van der Waals surface area (Å²) in [5, 5.41) is 11.4. The third-order valence-corrected chi connectivity index (χ3v) is 2.96. The molecule has 0 saturated carbocycles. The van der Waals surface area contributed by atoms with Gasteiger partial charge in [-0.25, -0.2) is 0 Å². The molecule has 1 aromatic rings. The molecule has 6 heteroatoms. The maximum atomic E-state index is 8.53. The number of nitrogens with two attached hydrogens (primary N) is 1. The van der Waals surface area contributed by atoms with Crippen molar-refractivity contribution in [3.05, 3.63) is 24.0 Å². The molecule has 3 N–H and O–H groups in total. The Kier molecular flexibility index (Phi) is 3.43. The first-order chi connectivity index (χ1) is 8.24. The molecule has 92 valence electrons. The van der Waals surface area contributed by atoms with E-state index in [1.807, 2.05) is 6.07 Å². The van der Waals surface area contributed by atoms with Crippen LogP contribution in [0.4, 0.5) is 5.69 Å². The summed E-state index contributed by atoms with van der Waals surface area (Å²) in [6.07, 6.45) is 3.04. The Balaban J connectivity index is 2.08. The van der Waals surface area contributed by atoms with Gasteiger partial charge in [0.05, 0.1) is 18.0 Å². The van der Waals surface area contributed by atoms with E-state index in [1.165, 1.54) is 0 Å². The maximum Gasteiger partial charge on any atom is 0.188 e. The molecule has 0 radical (unpaired) electrons. The van der Waals surface area contributed by atoms with Crippen LogP contribution in [-0.4, -0.2) is 42.3 Å². The largest absolute Gasteiger partial charge is 0.409 e. The third kappa shape index (κ3) is 2.47. The Morgan fingerprint density at radius 1 is 1.65 bits per heavy atom. The Labute approximate surface area is 99.7 Å². The van der Waals surface area contributed by atoms with E-state index >= 15 is 0 Å². The maximum absolute atomic E-state index is 8.53. The van der Waals surface area contributed by atoms with Crippen molar-refractivity contribution in [2.45, 2.75) is 12.5 Å². The second-order valence-corrected chi connectivity index (χ2v) is 3.98. The summed E-state index contributed by atoms with van der Waals surface area (Å²) < 4.78 is 5.31. The van der Waals surface area contributed by atoms with Crippen molar-refractivity contribution in [2.75, 3.05) is 25.1 Å². The molecule has 0 amide bonds. The average molecular weight is 236 g/mol. The van der Waals surface area contributed by atoms with Crippen molar-refractivity contribution in [3.8, 4) is 0 Å². The Morgan fingerprint density at radius 3 is 3.00 bits per heavy atom. The zero-order chi connectivity index (χ0) is 12.3. The van der Waals surface area contributed by atoms with Crippen molar-refractivity contribution < 1.29 is 9.94 Å². The van der Waals surface area contributed by atoms with E-state index in [9.17, 15) is 0 Å². The first-order valence-electron chi connectivity index (χ1n) is 5.46. The standard InChI is InChI=1S/C11H16N4O2/c1-17-9-4-5-15(7-9)8-2-3-10(13-6-8)11(12)14-16/h2-3,6,9,16H,4-5,7H2,1H3,(H2,12,14). The topological polar surface area (TPSA) is 84.0 Å². The lowest BCUT2D eigenvalue weighted by atomic mass is 10.3. The second kappa shape index (κ2) is 5.01. The summed E-state index contributed by atoms with van der Waals surface area (Å²) in [6.45, 7) is 1.84. The normalized spacial score (nSPS) is 20.9. The summed E-state index contributed by atoms with van der Waals surface area (Å²) in [5.74, 6) is 0.0211. The predicted octanol–water partition coefficient (Wildman–Crippen LogP) is 0.401. The summed E-state index contributed by atoms with van der Waals surface area (Å²) >= 11 is 0. The SMILES string of the molecule is COC1CCN(c2ccc(/C(N)=N/O)nc2)C1. The van der Waals surface area contributed by atoms with Crippen LogP contribution in [-0.2, 0) is 4.74 Å². The fourth-order valence-corrected chi connectivity index (χ4v) is 1.93. The molecule has 2 heterocycles. The monoisotopic (exact) mass is 236 g/mol. The molecular weight excluding hydrogens is 220 g/mol. The second-order valence-electron chi connectivity index (χ2n) is 3.98. The lowest BCUT2D eigenvalue weighted by Crippen LogP contribution is -2.22. The van der Waals surface area contributed by atoms with Gasteiger partial charge in [-0.2, -0.15) is 0 Å². The number of pyridine rings is 1. The van der Waals surface area contributed by atoms with Gasteiger partial charge in [0, 0.05) is 20.2 Å². The smallest absolute Gasteiger partial charge is 0.188 e. The lowest BCUT2D eigenvalue weighted by Gasteiger charge is -2.17. The highest BCUT2D eigenvalue weighted by Gasteiger charge is 2.22. The molecule has 1 unspecified atom stereocenters. The molecule has 6 nitrogen and oxygen atoms in total. The molecule has 17 heavy (non-hydrogen) atoms. The molecular formula is C11H16N4O2. The summed E-state index contributed by atoms with van der Waals surface area (Å²) in [4.78, 5) is 6.35. The number of amidine groups is 1. The van der Waals surface area contributed by atoms with Gasteiger partial charge in [-0.05, 0) is 18.6 Å². The number of methoxy groups -OCH3 is 1. The van der Waals surface area contributed by atoms with Crippen LogP contribution in [0.25, 0.3) is 0 Å². The zero-order valence-corrected chi connectivity index (χ0v) is 9.71. The summed E-state index contributed by atoms with van der Waals surface area (Å²) in [6, 6.07) is 3.66. The van der Waals surface area contributed by atoms with E-state index in [4.69, 9.17) is 15.7 Å². The molecule has 1 aromatic heterocycles. The van der Waals surface area contributed by atoms with Crippen molar-refractivity contribution in [1.82, 2.24) is 4.98 Å². The number of nitrogens with zero attached hydrogens (tertiary/aromatic N) is 3. The number of rotatable bonds is 3. The van der Waals surface area contributed by atoms with Gasteiger partial charge in [0.15, 0.2) is 5.84 Å². The number of anilines is 1. The number of oxime groups is 1. The number of hydrogen-bond acceptors (Lipinski definition) is 5.